The van der Waals surface area contributed by atoms with Gasteiger partial charge in [-0.3, -0.25) is 4.79 Å². The lowest BCUT2D eigenvalue weighted by atomic mass is 10.1. The predicted octanol–water partition coefficient (Wildman–Crippen LogP) is 4.80. The lowest BCUT2D eigenvalue weighted by molar-refractivity contribution is 0.102. The molecule has 0 unspecified atom stereocenters. The third kappa shape index (κ3) is 4.33. The van der Waals surface area contributed by atoms with Crippen LogP contribution < -0.4 is 10.1 Å². The average Bonchev–Trinajstić information content (AvgIpc) is 2.49. The van der Waals surface area contributed by atoms with Gasteiger partial charge in [-0.2, -0.15) is 0 Å². The Morgan fingerprint density at radius 1 is 1.24 bits per heavy atom. The minimum Gasteiger partial charge on any atom is -0.494 e. The van der Waals surface area contributed by atoms with Gasteiger partial charge in [0.2, 0.25) is 0 Å². The van der Waals surface area contributed by atoms with E-state index in [0.717, 1.165) is 27.9 Å². The standard InChI is InChI=1S/C17H18BrNO2/c1-3-9-21-15-6-4-5-13(10-15)17(20)19-16-11-14(18)8-7-12(16)2/h4-8,10-11H,3,9H2,1-2H3,(H,19,20). The van der Waals surface area contributed by atoms with Crippen molar-refractivity contribution in [2.45, 2.75) is 20.3 Å². The first-order valence-corrected chi connectivity index (χ1v) is 7.70. The molecule has 0 bridgehead atoms. The molecule has 1 amide bonds. The molecule has 0 spiro atoms. The van der Waals surface area contributed by atoms with Gasteiger partial charge in [-0.1, -0.05) is 35.0 Å². The van der Waals surface area contributed by atoms with Crippen LogP contribution in [0.15, 0.2) is 46.9 Å². The quantitative estimate of drug-likeness (QED) is 0.843. The van der Waals surface area contributed by atoms with E-state index in [9.17, 15) is 4.79 Å². The van der Waals surface area contributed by atoms with Crippen LogP contribution in [-0.4, -0.2) is 12.5 Å². The molecule has 110 valence electrons. The summed E-state index contributed by atoms with van der Waals surface area (Å²) in [5.74, 6) is 0.577. The summed E-state index contributed by atoms with van der Waals surface area (Å²) in [5.41, 5.74) is 2.40. The number of benzene rings is 2. The van der Waals surface area contributed by atoms with E-state index >= 15 is 0 Å². The van der Waals surface area contributed by atoms with Crippen LogP contribution >= 0.6 is 15.9 Å². The first-order valence-electron chi connectivity index (χ1n) is 6.90. The summed E-state index contributed by atoms with van der Waals surface area (Å²) in [6, 6.07) is 13.0. The van der Waals surface area contributed by atoms with Gasteiger partial charge in [0.25, 0.3) is 5.91 Å². The van der Waals surface area contributed by atoms with Crippen molar-refractivity contribution in [2.24, 2.45) is 0 Å². The van der Waals surface area contributed by atoms with Crippen molar-refractivity contribution in [1.29, 1.82) is 0 Å². The van der Waals surface area contributed by atoms with Gasteiger partial charge in [-0.25, -0.2) is 0 Å². The summed E-state index contributed by atoms with van der Waals surface area (Å²) in [6.45, 7) is 4.66. The number of hydrogen-bond acceptors (Lipinski definition) is 2. The van der Waals surface area contributed by atoms with Gasteiger partial charge in [0.1, 0.15) is 5.75 Å². The number of ether oxygens (including phenoxy) is 1. The van der Waals surface area contributed by atoms with E-state index in [1.165, 1.54) is 0 Å². The molecule has 3 nitrogen and oxygen atoms in total. The van der Waals surface area contributed by atoms with E-state index < -0.39 is 0 Å². The highest BCUT2D eigenvalue weighted by Gasteiger charge is 2.09. The van der Waals surface area contributed by atoms with Crippen molar-refractivity contribution in [3.05, 3.63) is 58.1 Å². The highest BCUT2D eigenvalue weighted by atomic mass is 79.9. The third-order valence-electron chi connectivity index (χ3n) is 3.02. The molecule has 2 rings (SSSR count). The summed E-state index contributed by atoms with van der Waals surface area (Å²) >= 11 is 3.41. The molecule has 1 N–H and O–H groups in total. The van der Waals surface area contributed by atoms with Crippen LogP contribution in [0.25, 0.3) is 0 Å². The van der Waals surface area contributed by atoms with Crippen LogP contribution in [0.3, 0.4) is 0 Å². The molecular weight excluding hydrogens is 330 g/mol. The molecule has 0 aliphatic carbocycles. The van der Waals surface area contributed by atoms with Crippen molar-refractivity contribution in [3.8, 4) is 5.75 Å². The number of anilines is 1. The van der Waals surface area contributed by atoms with Crippen molar-refractivity contribution in [1.82, 2.24) is 0 Å². The van der Waals surface area contributed by atoms with E-state index in [0.29, 0.717) is 12.2 Å². The summed E-state index contributed by atoms with van der Waals surface area (Å²) < 4.78 is 6.49. The zero-order chi connectivity index (χ0) is 15.2. The SMILES string of the molecule is CCCOc1cccc(C(=O)Nc2cc(Br)ccc2C)c1. The fourth-order valence-corrected chi connectivity index (χ4v) is 2.23. The number of halogens is 1. The Morgan fingerprint density at radius 2 is 2.05 bits per heavy atom. The Kier molecular flexibility index (Phi) is 5.39. The Balaban J connectivity index is 2.14. The van der Waals surface area contributed by atoms with Crippen LogP contribution in [0.4, 0.5) is 5.69 Å². The van der Waals surface area contributed by atoms with Crippen LogP contribution in [0, 0.1) is 6.92 Å². The first-order chi connectivity index (χ1) is 10.1. The van der Waals surface area contributed by atoms with E-state index in [1.807, 2.05) is 44.2 Å². The molecule has 0 saturated heterocycles. The zero-order valence-corrected chi connectivity index (χ0v) is 13.7. The Morgan fingerprint density at radius 3 is 2.81 bits per heavy atom. The molecule has 4 heteroatoms. The summed E-state index contributed by atoms with van der Waals surface area (Å²) in [6.07, 6.45) is 0.938. The van der Waals surface area contributed by atoms with Gasteiger partial charge in [-0.05, 0) is 49.2 Å². The lowest BCUT2D eigenvalue weighted by Gasteiger charge is -2.10. The number of aryl methyl sites for hydroxylation is 1. The molecule has 0 atom stereocenters. The maximum atomic E-state index is 12.3. The second-order valence-electron chi connectivity index (χ2n) is 4.79. The largest absolute Gasteiger partial charge is 0.494 e. The van der Waals surface area contributed by atoms with Gasteiger partial charge in [0.05, 0.1) is 6.61 Å². The monoisotopic (exact) mass is 347 g/mol. The van der Waals surface area contributed by atoms with Gasteiger partial charge < -0.3 is 10.1 Å². The van der Waals surface area contributed by atoms with E-state index in [-0.39, 0.29) is 5.91 Å². The fraction of sp³-hybridized carbons (Fsp3) is 0.235. The minimum atomic E-state index is -0.141. The molecule has 0 saturated carbocycles. The molecule has 0 radical (unpaired) electrons. The van der Waals surface area contributed by atoms with Crippen LogP contribution in [0.2, 0.25) is 0 Å². The number of amides is 1. The van der Waals surface area contributed by atoms with Crippen molar-refractivity contribution in [2.75, 3.05) is 11.9 Å². The number of carbonyl (C=O) groups excluding carboxylic acids is 1. The minimum absolute atomic E-state index is 0.141. The second kappa shape index (κ2) is 7.27. The molecule has 0 aliphatic heterocycles. The normalized spacial score (nSPS) is 10.2. The van der Waals surface area contributed by atoms with Crippen LogP contribution in [0.5, 0.6) is 5.75 Å². The summed E-state index contributed by atoms with van der Waals surface area (Å²) in [5, 5.41) is 2.93. The van der Waals surface area contributed by atoms with Crippen LogP contribution in [-0.2, 0) is 0 Å². The molecule has 2 aromatic rings. The molecule has 2 aromatic carbocycles. The molecular formula is C17H18BrNO2. The first kappa shape index (κ1) is 15.6. The maximum absolute atomic E-state index is 12.3. The van der Waals surface area contributed by atoms with Crippen molar-refractivity contribution >= 4 is 27.5 Å². The molecule has 0 aromatic heterocycles. The van der Waals surface area contributed by atoms with Crippen molar-refractivity contribution < 1.29 is 9.53 Å². The van der Waals surface area contributed by atoms with Gasteiger partial charge >= 0.3 is 0 Å². The Labute approximate surface area is 133 Å². The molecule has 0 heterocycles. The number of nitrogens with one attached hydrogen (secondary N) is 1. The summed E-state index contributed by atoms with van der Waals surface area (Å²) in [4.78, 5) is 12.3. The van der Waals surface area contributed by atoms with Gasteiger partial charge in [0, 0.05) is 15.7 Å². The van der Waals surface area contributed by atoms with E-state index in [4.69, 9.17) is 4.74 Å². The molecule has 0 aliphatic rings. The highest BCUT2D eigenvalue weighted by Crippen LogP contribution is 2.22. The number of rotatable bonds is 5. The Hall–Kier alpha value is -1.81. The van der Waals surface area contributed by atoms with Crippen molar-refractivity contribution in [3.63, 3.8) is 0 Å². The number of hydrogen-bond donors (Lipinski definition) is 1. The lowest BCUT2D eigenvalue weighted by Crippen LogP contribution is -2.13. The third-order valence-corrected chi connectivity index (χ3v) is 3.51. The average molecular weight is 348 g/mol. The second-order valence-corrected chi connectivity index (χ2v) is 5.71. The van der Waals surface area contributed by atoms with E-state index in [1.54, 1.807) is 12.1 Å². The predicted molar refractivity (Wildman–Crippen MR) is 89.1 cm³/mol. The topological polar surface area (TPSA) is 38.3 Å². The van der Waals surface area contributed by atoms with Gasteiger partial charge in [-0.15, -0.1) is 0 Å². The molecule has 0 fully saturated rings. The fourth-order valence-electron chi connectivity index (χ4n) is 1.87. The van der Waals surface area contributed by atoms with E-state index in [2.05, 4.69) is 21.2 Å². The Bertz CT molecular complexity index is 640. The smallest absolute Gasteiger partial charge is 0.255 e. The van der Waals surface area contributed by atoms with Crippen LogP contribution in [0.1, 0.15) is 29.3 Å². The maximum Gasteiger partial charge on any atom is 0.255 e. The summed E-state index contributed by atoms with van der Waals surface area (Å²) in [7, 11) is 0. The highest BCUT2D eigenvalue weighted by molar-refractivity contribution is 9.10. The zero-order valence-electron chi connectivity index (χ0n) is 12.2. The molecule has 21 heavy (non-hydrogen) atoms. The van der Waals surface area contributed by atoms with Gasteiger partial charge in [0.15, 0.2) is 0 Å². The number of carbonyl (C=O) groups is 1.